The molecule has 2 aromatic carbocycles. The zero-order valence-corrected chi connectivity index (χ0v) is 18.8. The number of nitrogens with one attached hydrogen (secondary N) is 1. The summed E-state index contributed by atoms with van der Waals surface area (Å²) in [6.07, 6.45) is 3.36. The van der Waals surface area contributed by atoms with Crippen molar-refractivity contribution in [3.05, 3.63) is 89.8 Å². The molecule has 0 spiro atoms. The first-order valence-electron chi connectivity index (χ1n) is 10.6. The molecule has 9 heteroatoms. The predicted octanol–water partition coefficient (Wildman–Crippen LogP) is 4.04. The Kier molecular flexibility index (Phi) is 6.01. The number of aromatic nitrogens is 1. The van der Waals surface area contributed by atoms with Gasteiger partial charge in [0.05, 0.1) is 30.2 Å². The normalized spacial score (nSPS) is 16.6. The minimum Gasteiger partial charge on any atom is -0.492 e. The summed E-state index contributed by atoms with van der Waals surface area (Å²) in [6, 6.07) is 20.4. The molecule has 34 heavy (non-hydrogen) atoms. The van der Waals surface area contributed by atoms with Crippen LogP contribution in [0.2, 0.25) is 0 Å². The fraction of sp³-hybridized carbons (Fsp3) is 0.120. The number of hydrogen-bond acceptors (Lipinski definition) is 7. The highest BCUT2D eigenvalue weighted by Gasteiger charge is 2.30. The first kappa shape index (κ1) is 21.7. The molecule has 2 amide bonds. The van der Waals surface area contributed by atoms with Crippen molar-refractivity contribution in [2.45, 2.75) is 0 Å². The number of anilines is 2. The molecule has 0 unspecified atom stereocenters. The molecule has 1 saturated heterocycles. The van der Waals surface area contributed by atoms with Gasteiger partial charge in [0, 0.05) is 18.0 Å². The van der Waals surface area contributed by atoms with Crippen LogP contribution in [0.5, 0.6) is 5.75 Å². The zero-order chi connectivity index (χ0) is 23.5. The van der Waals surface area contributed by atoms with Crippen LogP contribution in [0.1, 0.15) is 15.9 Å². The Labute approximate surface area is 200 Å². The number of carbonyl (C=O) groups excluding carboxylic acids is 3. The molecule has 1 aromatic heterocycles. The smallest absolute Gasteiger partial charge is 0.291 e. The molecule has 2 aliphatic rings. The Morgan fingerprint density at radius 2 is 1.79 bits per heavy atom. The molecular formula is C25H20N4O4S. The lowest BCUT2D eigenvalue weighted by Gasteiger charge is -2.37. The number of pyridine rings is 1. The summed E-state index contributed by atoms with van der Waals surface area (Å²) in [4.78, 5) is 44.3. The van der Waals surface area contributed by atoms with Crippen LogP contribution in [0.25, 0.3) is 6.08 Å². The van der Waals surface area contributed by atoms with E-state index in [9.17, 15) is 14.4 Å². The van der Waals surface area contributed by atoms with E-state index in [2.05, 4.69) is 10.3 Å². The summed E-state index contributed by atoms with van der Waals surface area (Å²) in [6.45, 7) is 1.09. The average Bonchev–Trinajstić information content (AvgIpc) is 3.18. The van der Waals surface area contributed by atoms with Crippen LogP contribution in [-0.2, 0) is 4.79 Å². The molecular weight excluding hydrogens is 452 g/mol. The standard InChI is InChI=1S/C25H20N4O4S/c30-23-19-5-1-2-6-21(19)29(22-7-3-4-12-26-22)16-28(23)13-14-33-18-10-8-17(9-11-18)15-20-24(31)34-25(32)27-20/h1-12,15H,13-14,16H2,(H,27,32). The summed E-state index contributed by atoms with van der Waals surface area (Å²) in [5.41, 5.74) is 2.50. The molecule has 1 N–H and O–H groups in total. The Morgan fingerprint density at radius 1 is 1.00 bits per heavy atom. The number of carbonyl (C=O) groups is 3. The summed E-state index contributed by atoms with van der Waals surface area (Å²) in [7, 11) is 0. The van der Waals surface area contributed by atoms with E-state index in [1.54, 1.807) is 41.4 Å². The molecule has 0 saturated carbocycles. The van der Waals surface area contributed by atoms with Gasteiger partial charge in [0.1, 0.15) is 18.2 Å². The lowest BCUT2D eigenvalue weighted by atomic mass is 10.1. The van der Waals surface area contributed by atoms with Gasteiger partial charge in [0.15, 0.2) is 0 Å². The van der Waals surface area contributed by atoms with Crippen molar-refractivity contribution < 1.29 is 19.1 Å². The van der Waals surface area contributed by atoms with Gasteiger partial charge < -0.3 is 19.9 Å². The van der Waals surface area contributed by atoms with Crippen LogP contribution >= 0.6 is 11.8 Å². The molecule has 2 aliphatic heterocycles. The van der Waals surface area contributed by atoms with Crippen LogP contribution in [0, 0.1) is 0 Å². The maximum absolute atomic E-state index is 13.1. The fourth-order valence-electron chi connectivity index (χ4n) is 3.77. The van der Waals surface area contributed by atoms with E-state index < -0.39 is 0 Å². The van der Waals surface area contributed by atoms with Crippen LogP contribution < -0.4 is 15.0 Å². The van der Waals surface area contributed by atoms with E-state index in [4.69, 9.17) is 4.74 Å². The van der Waals surface area contributed by atoms with Crippen molar-refractivity contribution in [2.24, 2.45) is 0 Å². The fourth-order valence-corrected chi connectivity index (χ4v) is 4.32. The number of thioether (sulfide) groups is 1. The third-order valence-corrected chi connectivity index (χ3v) is 6.11. The van der Waals surface area contributed by atoms with Gasteiger partial charge in [0.2, 0.25) is 5.12 Å². The Bertz CT molecular complexity index is 1280. The number of fused-ring (bicyclic) bond motifs is 1. The SMILES string of the molecule is O=C1NC(=Cc2ccc(OCCN3CN(c4ccccn4)c4ccccc4C3=O)cc2)C(=O)S1. The molecule has 0 atom stereocenters. The molecule has 0 aliphatic carbocycles. The molecule has 3 aromatic rings. The molecule has 5 rings (SSSR count). The third-order valence-electron chi connectivity index (χ3n) is 5.41. The second-order valence-corrected chi connectivity index (χ2v) is 8.57. The maximum Gasteiger partial charge on any atom is 0.291 e. The summed E-state index contributed by atoms with van der Waals surface area (Å²) in [5, 5.41) is 1.86. The third kappa shape index (κ3) is 4.51. The van der Waals surface area contributed by atoms with Gasteiger partial charge >= 0.3 is 0 Å². The van der Waals surface area contributed by atoms with Crippen LogP contribution in [-0.4, -0.2) is 46.0 Å². The number of ether oxygens (including phenoxy) is 1. The van der Waals surface area contributed by atoms with Crippen molar-refractivity contribution in [1.29, 1.82) is 0 Å². The highest BCUT2D eigenvalue weighted by Crippen LogP contribution is 2.32. The van der Waals surface area contributed by atoms with Gasteiger partial charge in [0.25, 0.3) is 11.1 Å². The number of nitrogens with zero attached hydrogens (tertiary/aromatic N) is 3. The zero-order valence-electron chi connectivity index (χ0n) is 18.0. The average molecular weight is 473 g/mol. The lowest BCUT2D eigenvalue weighted by Crippen LogP contribution is -2.46. The van der Waals surface area contributed by atoms with Crippen molar-refractivity contribution in [2.75, 3.05) is 24.7 Å². The minimum absolute atomic E-state index is 0.0468. The summed E-state index contributed by atoms with van der Waals surface area (Å²) < 4.78 is 5.86. The second kappa shape index (κ2) is 9.40. The number of benzene rings is 2. The van der Waals surface area contributed by atoms with Crippen LogP contribution in [0.3, 0.4) is 0 Å². The van der Waals surface area contributed by atoms with Crippen LogP contribution in [0.15, 0.2) is 78.6 Å². The number of para-hydroxylation sites is 1. The van der Waals surface area contributed by atoms with Crippen molar-refractivity contribution in [3.8, 4) is 5.75 Å². The Balaban J connectivity index is 1.24. The summed E-state index contributed by atoms with van der Waals surface area (Å²) in [5.74, 6) is 1.37. The molecule has 1 fully saturated rings. The van der Waals surface area contributed by atoms with Gasteiger partial charge in [-0.3, -0.25) is 14.4 Å². The molecule has 170 valence electrons. The predicted molar refractivity (Wildman–Crippen MR) is 130 cm³/mol. The topological polar surface area (TPSA) is 91.8 Å². The quantitative estimate of drug-likeness (QED) is 0.542. The van der Waals surface area contributed by atoms with E-state index in [0.717, 1.165) is 17.1 Å². The maximum atomic E-state index is 13.1. The number of hydrogen-bond donors (Lipinski definition) is 1. The number of rotatable bonds is 6. The first-order chi connectivity index (χ1) is 16.6. The Hall–Kier alpha value is -4.11. The number of amides is 2. The van der Waals surface area contributed by atoms with Gasteiger partial charge in [-0.25, -0.2) is 4.98 Å². The van der Waals surface area contributed by atoms with E-state index >= 15 is 0 Å². The van der Waals surface area contributed by atoms with E-state index in [-0.39, 0.29) is 22.0 Å². The van der Waals surface area contributed by atoms with E-state index in [0.29, 0.717) is 42.9 Å². The highest BCUT2D eigenvalue weighted by atomic mass is 32.2. The second-order valence-electron chi connectivity index (χ2n) is 7.62. The lowest BCUT2D eigenvalue weighted by molar-refractivity contribution is -0.107. The van der Waals surface area contributed by atoms with Crippen molar-refractivity contribution in [1.82, 2.24) is 15.2 Å². The summed E-state index contributed by atoms with van der Waals surface area (Å²) >= 11 is 0.649. The molecule has 3 heterocycles. The van der Waals surface area contributed by atoms with Gasteiger partial charge in [-0.05, 0) is 48.0 Å². The molecule has 0 radical (unpaired) electrons. The largest absolute Gasteiger partial charge is 0.492 e. The monoisotopic (exact) mass is 472 g/mol. The van der Waals surface area contributed by atoms with Gasteiger partial charge in [-0.1, -0.05) is 30.3 Å². The molecule has 8 nitrogen and oxygen atoms in total. The minimum atomic E-state index is -0.368. The highest BCUT2D eigenvalue weighted by molar-refractivity contribution is 8.27. The van der Waals surface area contributed by atoms with E-state index in [1.165, 1.54) is 0 Å². The Morgan fingerprint density at radius 3 is 2.53 bits per heavy atom. The van der Waals surface area contributed by atoms with Gasteiger partial charge in [-0.2, -0.15) is 0 Å². The van der Waals surface area contributed by atoms with Crippen LogP contribution in [0.4, 0.5) is 16.3 Å². The van der Waals surface area contributed by atoms with Crippen molar-refractivity contribution >= 4 is 45.6 Å². The molecule has 0 bridgehead atoms. The van der Waals surface area contributed by atoms with Crippen molar-refractivity contribution in [3.63, 3.8) is 0 Å². The first-order valence-corrected chi connectivity index (χ1v) is 11.4. The van der Waals surface area contributed by atoms with E-state index in [1.807, 2.05) is 47.4 Å². The van der Waals surface area contributed by atoms with Gasteiger partial charge in [-0.15, -0.1) is 0 Å².